The van der Waals surface area contributed by atoms with E-state index < -0.39 is 5.97 Å². The Morgan fingerprint density at radius 1 is 1.67 bits per heavy atom. The number of carboxylic acid groups (broad SMARTS) is 1. The van der Waals surface area contributed by atoms with Crippen molar-refractivity contribution in [2.45, 2.75) is 32.7 Å². The lowest BCUT2D eigenvalue weighted by molar-refractivity contribution is -0.137. The zero-order chi connectivity index (χ0) is 11.1. The van der Waals surface area contributed by atoms with Gasteiger partial charge in [0.2, 0.25) is 5.89 Å². The van der Waals surface area contributed by atoms with Gasteiger partial charge in [0.25, 0.3) is 0 Å². The van der Waals surface area contributed by atoms with Crippen LogP contribution in [0.3, 0.4) is 0 Å². The Morgan fingerprint density at radius 3 is 3.07 bits per heavy atom. The average Bonchev–Trinajstić information content (AvgIpc) is 2.65. The van der Waals surface area contributed by atoms with Gasteiger partial charge in [0.15, 0.2) is 0 Å². The number of aliphatic carboxylic acids is 1. The minimum Gasteiger partial charge on any atom is -0.481 e. The number of carboxylic acids is 1. The SMILES string of the molecule is CCc1cnc(CNCCCC(=O)O)o1. The lowest BCUT2D eigenvalue weighted by atomic mass is 10.3. The molecule has 0 fully saturated rings. The van der Waals surface area contributed by atoms with E-state index in [4.69, 9.17) is 9.52 Å². The highest BCUT2D eigenvalue weighted by Gasteiger charge is 2.01. The van der Waals surface area contributed by atoms with Crippen LogP contribution >= 0.6 is 0 Å². The van der Waals surface area contributed by atoms with E-state index in [9.17, 15) is 4.79 Å². The molecule has 1 heterocycles. The van der Waals surface area contributed by atoms with E-state index in [0.29, 0.717) is 25.4 Å². The summed E-state index contributed by atoms with van der Waals surface area (Å²) in [5, 5.41) is 11.5. The van der Waals surface area contributed by atoms with E-state index in [-0.39, 0.29) is 6.42 Å². The van der Waals surface area contributed by atoms with Gasteiger partial charge < -0.3 is 14.8 Å². The van der Waals surface area contributed by atoms with E-state index in [1.807, 2.05) is 6.92 Å². The van der Waals surface area contributed by atoms with Gasteiger partial charge >= 0.3 is 5.97 Å². The molecule has 0 amide bonds. The average molecular weight is 212 g/mol. The maximum Gasteiger partial charge on any atom is 0.303 e. The minimum absolute atomic E-state index is 0.193. The summed E-state index contributed by atoms with van der Waals surface area (Å²) in [5.74, 6) is 0.765. The van der Waals surface area contributed by atoms with Crippen LogP contribution in [-0.4, -0.2) is 22.6 Å². The molecule has 5 heteroatoms. The van der Waals surface area contributed by atoms with E-state index in [0.717, 1.165) is 12.2 Å². The van der Waals surface area contributed by atoms with Crippen LogP contribution < -0.4 is 5.32 Å². The number of oxazole rings is 1. The van der Waals surface area contributed by atoms with Crippen LogP contribution in [0.5, 0.6) is 0 Å². The number of nitrogens with one attached hydrogen (secondary N) is 1. The summed E-state index contributed by atoms with van der Waals surface area (Å²) in [6.45, 7) is 3.22. The molecule has 0 aromatic carbocycles. The molecule has 5 nitrogen and oxygen atoms in total. The third-order valence-electron chi connectivity index (χ3n) is 1.97. The molecule has 0 aliphatic rings. The van der Waals surface area contributed by atoms with Gasteiger partial charge in [0, 0.05) is 12.8 Å². The van der Waals surface area contributed by atoms with Gasteiger partial charge in [-0.3, -0.25) is 4.79 Å². The van der Waals surface area contributed by atoms with E-state index in [2.05, 4.69) is 10.3 Å². The zero-order valence-corrected chi connectivity index (χ0v) is 8.82. The summed E-state index contributed by atoms with van der Waals surface area (Å²) in [7, 11) is 0. The topological polar surface area (TPSA) is 75.4 Å². The van der Waals surface area contributed by atoms with Gasteiger partial charge in [-0.05, 0) is 13.0 Å². The summed E-state index contributed by atoms with van der Waals surface area (Å²) >= 11 is 0. The molecule has 1 aromatic rings. The van der Waals surface area contributed by atoms with Crippen LogP contribution in [0.15, 0.2) is 10.6 Å². The van der Waals surface area contributed by atoms with Crippen LogP contribution in [-0.2, 0) is 17.8 Å². The number of hydrogen-bond acceptors (Lipinski definition) is 4. The molecule has 1 aromatic heterocycles. The highest BCUT2D eigenvalue weighted by Crippen LogP contribution is 2.03. The molecule has 0 saturated heterocycles. The Morgan fingerprint density at radius 2 is 2.47 bits per heavy atom. The van der Waals surface area contributed by atoms with Crippen molar-refractivity contribution in [3.63, 3.8) is 0 Å². The second-order valence-electron chi connectivity index (χ2n) is 3.25. The Labute approximate surface area is 88.5 Å². The number of carbonyl (C=O) groups is 1. The zero-order valence-electron chi connectivity index (χ0n) is 8.82. The number of aromatic nitrogens is 1. The minimum atomic E-state index is -0.763. The van der Waals surface area contributed by atoms with E-state index >= 15 is 0 Å². The second-order valence-corrected chi connectivity index (χ2v) is 3.25. The van der Waals surface area contributed by atoms with E-state index in [1.165, 1.54) is 0 Å². The summed E-state index contributed by atoms with van der Waals surface area (Å²) < 4.78 is 5.37. The molecule has 84 valence electrons. The molecule has 0 aliphatic carbocycles. The van der Waals surface area contributed by atoms with Crippen LogP contribution in [0.2, 0.25) is 0 Å². The monoisotopic (exact) mass is 212 g/mol. The Kier molecular flexibility index (Phi) is 4.83. The maximum absolute atomic E-state index is 10.2. The third-order valence-corrected chi connectivity index (χ3v) is 1.97. The van der Waals surface area contributed by atoms with Crippen molar-refractivity contribution >= 4 is 5.97 Å². The number of aryl methyl sites for hydroxylation is 1. The smallest absolute Gasteiger partial charge is 0.303 e. The van der Waals surface area contributed by atoms with E-state index in [1.54, 1.807) is 6.20 Å². The molecular formula is C10H16N2O3. The fourth-order valence-electron chi connectivity index (χ4n) is 1.15. The number of rotatable bonds is 7. The largest absolute Gasteiger partial charge is 0.481 e. The van der Waals surface area contributed by atoms with Crippen molar-refractivity contribution in [2.75, 3.05) is 6.54 Å². The predicted molar refractivity (Wildman–Crippen MR) is 54.5 cm³/mol. The van der Waals surface area contributed by atoms with Crippen LogP contribution in [0.1, 0.15) is 31.4 Å². The first kappa shape index (κ1) is 11.7. The van der Waals surface area contributed by atoms with Crippen molar-refractivity contribution in [1.29, 1.82) is 0 Å². The maximum atomic E-state index is 10.2. The summed E-state index contributed by atoms with van der Waals surface area (Å²) in [4.78, 5) is 14.3. The van der Waals surface area contributed by atoms with Gasteiger partial charge in [0.1, 0.15) is 5.76 Å². The summed E-state index contributed by atoms with van der Waals surface area (Å²) in [6.07, 6.45) is 3.37. The normalized spacial score (nSPS) is 10.5. The van der Waals surface area contributed by atoms with Crippen molar-refractivity contribution in [3.05, 3.63) is 17.8 Å². The lowest BCUT2D eigenvalue weighted by Gasteiger charge is -1.99. The van der Waals surface area contributed by atoms with Crippen LogP contribution in [0.25, 0.3) is 0 Å². The highest BCUT2D eigenvalue weighted by atomic mass is 16.4. The standard InChI is InChI=1S/C10H16N2O3/c1-2-8-6-12-9(15-8)7-11-5-3-4-10(13)14/h6,11H,2-5,7H2,1H3,(H,13,14). The first-order valence-electron chi connectivity index (χ1n) is 5.08. The first-order chi connectivity index (χ1) is 7.22. The van der Waals surface area contributed by atoms with Gasteiger partial charge in [-0.15, -0.1) is 0 Å². The second kappa shape index (κ2) is 6.19. The molecule has 0 atom stereocenters. The van der Waals surface area contributed by atoms with Gasteiger partial charge in [0.05, 0.1) is 12.7 Å². The fraction of sp³-hybridized carbons (Fsp3) is 0.600. The molecular weight excluding hydrogens is 196 g/mol. The highest BCUT2D eigenvalue weighted by molar-refractivity contribution is 5.66. The summed E-state index contributed by atoms with van der Waals surface area (Å²) in [5.41, 5.74) is 0. The molecule has 0 spiro atoms. The molecule has 0 unspecified atom stereocenters. The van der Waals surface area contributed by atoms with Crippen molar-refractivity contribution < 1.29 is 14.3 Å². The Hall–Kier alpha value is -1.36. The molecule has 2 N–H and O–H groups in total. The molecule has 1 rings (SSSR count). The van der Waals surface area contributed by atoms with Crippen molar-refractivity contribution in [3.8, 4) is 0 Å². The molecule has 0 aliphatic heterocycles. The molecule has 0 radical (unpaired) electrons. The Balaban J connectivity index is 2.12. The lowest BCUT2D eigenvalue weighted by Crippen LogP contribution is -2.15. The van der Waals surface area contributed by atoms with Crippen molar-refractivity contribution in [2.24, 2.45) is 0 Å². The first-order valence-corrected chi connectivity index (χ1v) is 5.08. The van der Waals surface area contributed by atoms with Crippen molar-refractivity contribution in [1.82, 2.24) is 10.3 Å². The number of hydrogen-bond donors (Lipinski definition) is 2. The molecule has 15 heavy (non-hydrogen) atoms. The van der Waals surface area contributed by atoms with Gasteiger partial charge in [-0.2, -0.15) is 0 Å². The summed E-state index contributed by atoms with van der Waals surface area (Å²) in [6, 6.07) is 0. The quantitative estimate of drug-likeness (QED) is 0.664. The Bertz CT molecular complexity index is 309. The van der Waals surface area contributed by atoms with Gasteiger partial charge in [-0.25, -0.2) is 4.98 Å². The third kappa shape index (κ3) is 4.60. The molecule has 0 bridgehead atoms. The van der Waals surface area contributed by atoms with Crippen LogP contribution in [0.4, 0.5) is 0 Å². The fourth-order valence-corrected chi connectivity index (χ4v) is 1.15. The predicted octanol–water partition coefficient (Wildman–Crippen LogP) is 1.19. The van der Waals surface area contributed by atoms with Gasteiger partial charge in [-0.1, -0.05) is 6.92 Å². The van der Waals surface area contributed by atoms with Crippen LogP contribution in [0, 0.1) is 0 Å². The number of nitrogens with zero attached hydrogens (tertiary/aromatic N) is 1. The molecule has 0 saturated carbocycles.